The standard InChI is InChI=1S/C10H10F2OS/c11-9-2-7(3-10(12)4-9)1-8(5-13)6-14/h2-5,8,14H,1,6H2. The van der Waals surface area contributed by atoms with Gasteiger partial charge >= 0.3 is 0 Å². The molecular formula is C10H10F2OS. The number of aldehydes is 1. The molecule has 0 N–H and O–H groups in total. The molecule has 4 heteroatoms. The van der Waals surface area contributed by atoms with E-state index in [0.717, 1.165) is 12.4 Å². The van der Waals surface area contributed by atoms with E-state index in [0.29, 0.717) is 17.7 Å². The van der Waals surface area contributed by atoms with Crippen LogP contribution in [0.4, 0.5) is 8.78 Å². The molecule has 0 aliphatic heterocycles. The van der Waals surface area contributed by atoms with Crippen molar-refractivity contribution in [1.29, 1.82) is 0 Å². The number of hydrogen-bond donors (Lipinski definition) is 1. The zero-order chi connectivity index (χ0) is 10.6. The van der Waals surface area contributed by atoms with Crippen LogP contribution in [0.1, 0.15) is 5.56 Å². The van der Waals surface area contributed by atoms with Crippen LogP contribution in [0.25, 0.3) is 0 Å². The summed E-state index contributed by atoms with van der Waals surface area (Å²) in [6.07, 6.45) is 1.07. The molecule has 1 unspecified atom stereocenters. The topological polar surface area (TPSA) is 17.1 Å². The number of halogens is 2. The van der Waals surface area contributed by atoms with Gasteiger partial charge in [0.05, 0.1) is 0 Å². The van der Waals surface area contributed by atoms with Crippen molar-refractivity contribution in [2.75, 3.05) is 5.75 Å². The zero-order valence-electron chi connectivity index (χ0n) is 7.41. The Hall–Kier alpha value is -0.900. The maximum atomic E-state index is 12.7. The Morgan fingerprint density at radius 3 is 2.29 bits per heavy atom. The summed E-state index contributed by atoms with van der Waals surface area (Å²) < 4.78 is 25.5. The zero-order valence-corrected chi connectivity index (χ0v) is 8.31. The molecule has 0 amide bonds. The average molecular weight is 216 g/mol. The molecule has 14 heavy (non-hydrogen) atoms. The van der Waals surface area contributed by atoms with Crippen LogP contribution >= 0.6 is 12.6 Å². The van der Waals surface area contributed by atoms with Gasteiger partial charge in [0.1, 0.15) is 17.9 Å². The minimum atomic E-state index is -0.621. The molecule has 0 saturated heterocycles. The Balaban J connectivity index is 2.80. The fourth-order valence-corrected chi connectivity index (χ4v) is 1.40. The van der Waals surface area contributed by atoms with Gasteiger partial charge in [-0.2, -0.15) is 12.6 Å². The molecule has 0 fully saturated rings. The highest BCUT2D eigenvalue weighted by Crippen LogP contribution is 2.12. The average Bonchev–Trinajstić information content (AvgIpc) is 2.12. The van der Waals surface area contributed by atoms with Crippen LogP contribution in [0.2, 0.25) is 0 Å². The summed E-state index contributed by atoms with van der Waals surface area (Å²) in [5.74, 6) is -1.16. The summed E-state index contributed by atoms with van der Waals surface area (Å²) in [4.78, 5) is 10.5. The number of rotatable bonds is 4. The van der Waals surface area contributed by atoms with Crippen molar-refractivity contribution in [3.63, 3.8) is 0 Å². The predicted octanol–water partition coefficient (Wildman–Crippen LogP) is 2.25. The van der Waals surface area contributed by atoms with E-state index < -0.39 is 11.6 Å². The Labute approximate surface area is 86.5 Å². The van der Waals surface area contributed by atoms with Gasteiger partial charge in [-0.25, -0.2) is 8.78 Å². The van der Waals surface area contributed by atoms with Gasteiger partial charge in [0.25, 0.3) is 0 Å². The first-order chi connectivity index (χ1) is 6.65. The quantitative estimate of drug-likeness (QED) is 0.603. The normalized spacial score (nSPS) is 12.5. The Morgan fingerprint density at radius 1 is 1.29 bits per heavy atom. The lowest BCUT2D eigenvalue weighted by Gasteiger charge is -2.06. The fourth-order valence-electron chi connectivity index (χ4n) is 1.19. The van der Waals surface area contributed by atoms with E-state index in [9.17, 15) is 13.6 Å². The number of hydrogen-bond acceptors (Lipinski definition) is 2. The Kier molecular flexibility index (Phi) is 4.07. The van der Waals surface area contributed by atoms with E-state index in [1.54, 1.807) is 0 Å². The van der Waals surface area contributed by atoms with E-state index in [-0.39, 0.29) is 5.92 Å². The van der Waals surface area contributed by atoms with E-state index >= 15 is 0 Å². The minimum absolute atomic E-state index is 0.292. The summed E-state index contributed by atoms with van der Waals surface area (Å²) in [6.45, 7) is 0. The van der Waals surface area contributed by atoms with Crippen molar-refractivity contribution in [2.24, 2.45) is 5.92 Å². The number of carbonyl (C=O) groups is 1. The molecule has 1 aromatic carbocycles. The van der Waals surface area contributed by atoms with Crippen molar-refractivity contribution in [1.82, 2.24) is 0 Å². The highest BCUT2D eigenvalue weighted by atomic mass is 32.1. The van der Waals surface area contributed by atoms with Gasteiger partial charge in [-0.05, 0) is 24.1 Å². The second-order valence-corrected chi connectivity index (χ2v) is 3.43. The molecule has 1 nitrogen and oxygen atoms in total. The van der Waals surface area contributed by atoms with Gasteiger partial charge in [-0.1, -0.05) is 0 Å². The second kappa shape index (κ2) is 5.10. The highest BCUT2D eigenvalue weighted by molar-refractivity contribution is 7.80. The lowest BCUT2D eigenvalue weighted by Crippen LogP contribution is -2.08. The molecule has 0 aliphatic rings. The van der Waals surface area contributed by atoms with Crippen LogP contribution in [0.15, 0.2) is 18.2 Å². The number of benzene rings is 1. The van der Waals surface area contributed by atoms with E-state index in [4.69, 9.17) is 0 Å². The third-order valence-electron chi connectivity index (χ3n) is 1.85. The Morgan fingerprint density at radius 2 is 1.86 bits per heavy atom. The summed E-state index contributed by atoms with van der Waals surface area (Å²) in [6, 6.07) is 3.26. The fraction of sp³-hybridized carbons (Fsp3) is 0.300. The minimum Gasteiger partial charge on any atom is -0.303 e. The summed E-state index contributed by atoms with van der Waals surface area (Å²) >= 11 is 3.96. The maximum Gasteiger partial charge on any atom is 0.126 e. The van der Waals surface area contributed by atoms with Gasteiger partial charge in [0, 0.05) is 17.7 Å². The molecule has 0 aliphatic carbocycles. The molecule has 0 saturated carbocycles. The van der Waals surface area contributed by atoms with E-state index in [2.05, 4.69) is 12.6 Å². The van der Waals surface area contributed by atoms with Crippen molar-refractivity contribution < 1.29 is 13.6 Å². The van der Waals surface area contributed by atoms with Crippen LogP contribution in [-0.2, 0) is 11.2 Å². The van der Waals surface area contributed by atoms with Gasteiger partial charge < -0.3 is 4.79 Å². The molecule has 0 spiro atoms. The molecular weight excluding hydrogens is 206 g/mol. The van der Waals surface area contributed by atoms with Crippen LogP contribution in [0, 0.1) is 17.6 Å². The first-order valence-corrected chi connectivity index (χ1v) is 4.80. The first-order valence-electron chi connectivity index (χ1n) is 4.17. The molecule has 0 heterocycles. The molecule has 1 aromatic rings. The van der Waals surface area contributed by atoms with Crippen molar-refractivity contribution in [3.8, 4) is 0 Å². The third-order valence-corrected chi connectivity index (χ3v) is 2.32. The Bertz CT molecular complexity index is 308. The van der Waals surface area contributed by atoms with Gasteiger partial charge in [0.15, 0.2) is 0 Å². The van der Waals surface area contributed by atoms with Crippen LogP contribution in [-0.4, -0.2) is 12.0 Å². The summed E-state index contributed by atoms with van der Waals surface area (Å²) in [5.41, 5.74) is 0.480. The largest absolute Gasteiger partial charge is 0.303 e. The van der Waals surface area contributed by atoms with Crippen LogP contribution in [0.3, 0.4) is 0 Å². The molecule has 0 bridgehead atoms. The lowest BCUT2D eigenvalue weighted by molar-refractivity contribution is -0.110. The van der Waals surface area contributed by atoms with E-state index in [1.807, 2.05) is 0 Å². The van der Waals surface area contributed by atoms with Crippen molar-refractivity contribution in [2.45, 2.75) is 6.42 Å². The second-order valence-electron chi connectivity index (χ2n) is 3.06. The van der Waals surface area contributed by atoms with Crippen LogP contribution < -0.4 is 0 Å². The smallest absolute Gasteiger partial charge is 0.126 e. The summed E-state index contributed by atoms with van der Waals surface area (Å²) in [5, 5.41) is 0. The van der Waals surface area contributed by atoms with Gasteiger partial charge in [-0.15, -0.1) is 0 Å². The lowest BCUT2D eigenvalue weighted by atomic mass is 10.0. The monoisotopic (exact) mass is 216 g/mol. The van der Waals surface area contributed by atoms with Crippen molar-refractivity contribution >= 4 is 18.9 Å². The molecule has 76 valence electrons. The highest BCUT2D eigenvalue weighted by Gasteiger charge is 2.08. The molecule has 0 radical (unpaired) electrons. The maximum absolute atomic E-state index is 12.7. The molecule has 1 rings (SSSR count). The SMILES string of the molecule is O=CC(CS)Cc1cc(F)cc(F)c1. The molecule has 0 aromatic heterocycles. The number of thiol groups is 1. The predicted molar refractivity (Wildman–Crippen MR) is 53.5 cm³/mol. The van der Waals surface area contributed by atoms with Crippen molar-refractivity contribution in [3.05, 3.63) is 35.4 Å². The summed E-state index contributed by atoms with van der Waals surface area (Å²) in [7, 11) is 0. The van der Waals surface area contributed by atoms with Gasteiger partial charge in [-0.3, -0.25) is 0 Å². The number of carbonyl (C=O) groups excluding carboxylic acids is 1. The van der Waals surface area contributed by atoms with Crippen LogP contribution in [0.5, 0.6) is 0 Å². The first kappa shape index (κ1) is 11.2. The molecule has 1 atom stereocenters. The van der Waals surface area contributed by atoms with E-state index in [1.165, 1.54) is 12.1 Å². The third kappa shape index (κ3) is 3.10. The van der Waals surface area contributed by atoms with Gasteiger partial charge in [0.2, 0.25) is 0 Å².